The van der Waals surface area contributed by atoms with Crippen LogP contribution in [-0.4, -0.2) is 22.6 Å². The zero-order chi connectivity index (χ0) is 15.2. The van der Waals surface area contributed by atoms with Crippen molar-refractivity contribution in [2.45, 2.75) is 26.3 Å². The second-order valence-electron chi connectivity index (χ2n) is 5.32. The molecule has 0 spiro atoms. The average Bonchev–Trinajstić information content (AvgIpc) is 2.47. The number of aromatic nitrogens is 1. The van der Waals surface area contributed by atoms with E-state index in [4.69, 9.17) is 5.11 Å². The Hall–Kier alpha value is -1.71. The number of hydrogen-bond acceptors (Lipinski definition) is 3. The molecule has 0 saturated heterocycles. The topological polar surface area (TPSA) is 53.4 Å². The van der Waals surface area contributed by atoms with Crippen LogP contribution in [0.1, 0.15) is 31.0 Å². The van der Waals surface area contributed by atoms with E-state index in [0.29, 0.717) is 12.5 Å². The van der Waals surface area contributed by atoms with E-state index in [1.165, 1.54) is 5.56 Å². The summed E-state index contributed by atoms with van der Waals surface area (Å²) in [7, 11) is 0. The van der Waals surface area contributed by atoms with E-state index in [1.807, 2.05) is 47.4 Å². The van der Waals surface area contributed by atoms with Gasteiger partial charge in [0.25, 0.3) is 0 Å². The molecule has 5 heteroatoms. The van der Waals surface area contributed by atoms with Crippen molar-refractivity contribution >= 4 is 11.7 Å². The quantitative estimate of drug-likeness (QED) is 0.833. The third kappa shape index (κ3) is 5.24. The molecule has 0 bridgehead atoms. The first-order chi connectivity index (χ1) is 10.1. The molecule has 1 aromatic heterocycles. The molecule has 117 valence electrons. The van der Waals surface area contributed by atoms with Crippen LogP contribution in [0.5, 0.6) is 0 Å². The number of carboxylic acid groups (broad SMARTS) is 1. The van der Waals surface area contributed by atoms with Gasteiger partial charge in [0.05, 0.1) is 12.2 Å². The van der Waals surface area contributed by atoms with Gasteiger partial charge >= 0.3 is 5.97 Å². The summed E-state index contributed by atoms with van der Waals surface area (Å²) in [5, 5.41) is 9.10. The van der Waals surface area contributed by atoms with Gasteiger partial charge in [-0.3, -0.25) is 9.78 Å². The number of pyridine rings is 1. The summed E-state index contributed by atoms with van der Waals surface area (Å²) in [6, 6.07) is 13.7. The third-order valence-corrected chi connectivity index (χ3v) is 3.33. The summed E-state index contributed by atoms with van der Waals surface area (Å²) in [4.78, 5) is 17.2. The molecule has 1 N–H and O–H groups in total. The Morgan fingerprint density at radius 3 is 2.36 bits per heavy atom. The first-order valence-corrected chi connectivity index (χ1v) is 7.03. The molecule has 0 aliphatic rings. The van der Waals surface area contributed by atoms with E-state index in [9.17, 15) is 4.79 Å². The maximum atomic E-state index is 11.1. The van der Waals surface area contributed by atoms with E-state index < -0.39 is 5.97 Å². The predicted molar refractivity (Wildman–Crippen MR) is 83.5 cm³/mol. The molecule has 2 rings (SSSR count). The van der Waals surface area contributed by atoms with Crippen molar-refractivity contribution in [2.24, 2.45) is 0 Å². The Labute approximate surface area is 144 Å². The molecule has 0 fully saturated rings. The van der Waals surface area contributed by atoms with Crippen LogP contribution in [0.15, 0.2) is 48.7 Å². The molecule has 1 aromatic carbocycles. The van der Waals surface area contributed by atoms with Crippen LogP contribution >= 0.6 is 0 Å². The van der Waals surface area contributed by atoms with Crippen LogP contribution < -0.4 is 4.90 Å². The fourth-order valence-electron chi connectivity index (χ4n) is 2.16. The Balaban J connectivity index is 0.00000242. The minimum Gasteiger partial charge on any atom is -0.480 e. The monoisotopic (exact) mass is 381 g/mol. The van der Waals surface area contributed by atoms with Gasteiger partial charge in [-0.1, -0.05) is 32.0 Å². The van der Waals surface area contributed by atoms with Gasteiger partial charge in [0.15, 0.2) is 0 Å². The molecule has 1 radical (unpaired) electrons. The molecule has 0 aliphatic heterocycles. The summed E-state index contributed by atoms with van der Waals surface area (Å²) in [5.41, 5.74) is 2.99. The zero-order valence-electron chi connectivity index (χ0n) is 12.7. The Morgan fingerprint density at radius 2 is 1.86 bits per heavy atom. The molecule has 2 aromatic rings. The smallest absolute Gasteiger partial charge is 0.323 e. The predicted octanol–water partition coefficient (Wildman–Crippen LogP) is 3.29. The Kier molecular flexibility index (Phi) is 7.22. The van der Waals surface area contributed by atoms with Gasteiger partial charge in [0.2, 0.25) is 0 Å². The Morgan fingerprint density at radius 1 is 1.18 bits per heavy atom. The molecule has 0 unspecified atom stereocenters. The van der Waals surface area contributed by atoms with E-state index in [1.54, 1.807) is 6.20 Å². The first kappa shape index (κ1) is 18.3. The number of hydrogen-bond donors (Lipinski definition) is 1. The molecule has 1 heterocycles. The number of benzene rings is 1. The SMILES string of the molecule is CC(C)c1ccc(N(CC(=O)O)Cc2ccccn2)cc1.[Tc]. The van der Waals surface area contributed by atoms with E-state index in [0.717, 1.165) is 11.4 Å². The van der Waals surface area contributed by atoms with Crippen molar-refractivity contribution in [1.82, 2.24) is 4.98 Å². The fourth-order valence-corrected chi connectivity index (χ4v) is 2.16. The number of aliphatic carboxylic acids is 1. The van der Waals surface area contributed by atoms with Crippen LogP contribution in [0.25, 0.3) is 0 Å². The summed E-state index contributed by atoms with van der Waals surface area (Å²) in [5.74, 6) is -0.387. The fraction of sp³-hybridized carbons (Fsp3) is 0.294. The molecule has 0 saturated carbocycles. The van der Waals surface area contributed by atoms with Crippen LogP contribution in [0.2, 0.25) is 0 Å². The van der Waals surface area contributed by atoms with Crippen LogP contribution in [-0.2, 0) is 31.4 Å². The molecule has 0 aliphatic carbocycles. The second kappa shape index (κ2) is 8.66. The maximum Gasteiger partial charge on any atom is 0.323 e. The molecule has 22 heavy (non-hydrogen) atoms. The number of rotatable bonds is 6. The van der Waals surface area contributed by atoms with E-state index >= 15 is 0 Å². The Bertz CT molecular complexity index is 585. The van der Waals surface area contributed by atoms with Crippen molar-refractivity contribution in [3.8, 4) is 0 Å². The van der Waals surface area contributed by atoms with Gasteiger partial charge < -0.3 is 10.0 Å². The van der Waals surface area contributed by atoms with Gasteiger partial charge in [-0.05, 0) is 35.7 Å². The van der Waals surface area contributed by atoms with E-state index in [-0.39, 0.29) is 26.7 Å². The van der Waals surface area contributed by atoms with Crippen molar-refractivity contribution in [2.75, 3.05) is 11.4 Å². The van der Waals surface area contributed by atoms with E-state index in [2.05, 4.69) is 18.8 Å². The van der Waals surface area contributed by atoms with Crippen molar-refractivity contribution in [3.05, 3.63) is 59.9 Å². The summed E-state index contributed by atoms with van der Waals surface area (Å²) in [6.45, 7) is 4.71. The largest absolute Gasteiger partial charge is 0.480 e. The number of nitrogens with zero attached hydrogens (tertiary/aromatic N) is 2. The zero-order valence-corrected chi connectivity index (χ0v) is 14.6. The van der Waals surface area contributed by atoms with Gasteiger partial charge in [-0.25, -0.2) is 0 Å². The van der Waals surface area contributed by atoms with Gasteiger partial charge in [-0.15, -0.1) is 0 Å². The normalized spacial score (nSPS) is 10.1. The number of carboxylic acids is 1. The summed E-state index contributed by atoms with van der Waals surface area (Å²) >= 11 is 0. The summed E-state index contributed by atoms with van der Waals surface area (Å²) in [6.07, 6.45) is 1.72. The van der Waals surface area contributed by atoms with Gasteiger partial charge in [-0.2, -0.15) is 0 Å². The minimum absolute atomic E-state index is 0. The van der Waals surface area contributed by atoms with Crippen LogP contribution in [0.4, 0.5) is 5.69 Å². The number of carbonyl (C=O) groups is 1. The second-order valence-corrected chi connectivity index (χ2v) is 5.32. The van der Waals surface area contributed by atoms with Crippen molar-refractivity contribution in [3.63, 3.8) is 0 Å². The van der Waals surface area contributed by atoms with Crippen LogP contribution in [0, 0.1) is 0 Å². The maximum absolute atomic E-state index is 11.1. The molecule has 0 atom stereocenters. The minimum atomic E-state index is -0.848. The van der Waals surface area contributed by atoms with Crippen molar-refractivity contribution < 1.29 is 30.0 Å². The average molecular weight is 382 g/mol. The molecular weight excluding hydrogens is 362 g/mol. The molecule has 4 nitrogen and oxygen atoms in total. The van der Waals surface area contributed by atoms with Gasteiger partial charge in [0, 0.05) is 32.0 Å². The summed E-state index contributed by atoms with van der Waals surface area (Å²) < 4.78 is 0. The van der Waals surface area contributed by atoms with Gasteiger partial charge in [0.1, 0.15) is 6.54 Å². The molecule has 0 amide bonds. The standard InChI is InChI=1S/C17H20N2O2.Tc/c1-13(2)14-6-8-16(9-7-14)19(12-17(20)21)11-15-5-3-4-10-18-15;/h3-10,13H,11-12H2,1-2H3,(H,20,21);. The van der Waals surface area contributed by atoms with Crippen molar-refractivity contribution in [1.29, 1.82) is 0 Å². The first-order valence-electron chi connectivity index (χ1n) is 7.03. The third-order valence-electron chi connectivity index (χ3n) is 3.33. The molecular formula is C17H20N2O2Tc. The number of anilines is 1. The van der Waals surface area contributed by atoms with Crippen LogP contribution in [0.3, 0.4) is 0 Å².